The van der Waals surface area contributed by atoms with Crippen molar-refractivity contribution in [2.45, 2.75) is 58.4 Å². The Morgan fingerprint density at radius 2 is 1.85 bits per heavy atom. The third-order valence-corrected chi connectivity index (χ3v) is 6.36. The number of rotatable bonds is 6. The van der Waals surface area contributed by atoms with E-state index in [1.807, 2.05) is 22.6 Å². The van der Waals surface area contributed by atoms with Crippen LogP contribution >= 0.6 is 34.2 Å². The fourth-order valence-corrected chi connectivity index (χ4v) is 4.25. The van der Waals surface area contributed by atoms with E-state index in [-0.39, 0.29) is 5.16 Å². The lowest BCUT2D eigenvalue weighted by molar-refractivity contribution is 0.185. The predicted octanol–water partition coefficient (Wildman–Crippen LogP) is 4.40. The van der Waals surface area contributed by atoms with Gasteiger partial charge in [0.2, 0.25) is 15.0 Å². The van der Waals surface area contributed by atoms with Crippen molar-refractivity contribution in [2.75, 3.05) is 12.8 Å². The van der Waals surface area contributed by atoms with Gasteiger partial charge in [-0.1, -0.05) is 24.6 Å². The van der Waals surface area contributed by atoms with Gasteiger partial charge >= 0.3 is 0 Å². The molecule has 2 rings (SSSR count). The molecular formula is C18H28ClIN4O2S. The van der Waals surface area contributed by atoms with Gasteiger partial charge < -0.3 is 4.57 Å². The molecule has 9 heteroatoms. The van der Waals surface area contributed by atoms with E-state index in [2.05, 4.69) is 56.1 Å². The highest BCUT2D eigenvalue weighted by Crippen LogP contribution is 2.24. The summed E-state index contributed by atoms with van der Waals surface area (Å²) < 4.78 is 25.5. The largest absolute Gasteiger partial charge is 0.310 e. The molecule has 6 nitrogen and oxygen atoms in total. The molecule has 0 aliphatic rings. The van der Waals surface area contributed by atoms with Crippen molar-refractivity contribution in [3.05, 3.63) is 27.4 Å². The number of hydrogen-bond acceptors (Lipinski definition) is 5. The first-order valence-electron chi connectivity index (χ1n) is 8.72. The molecule has 2 heterocycles. The number of pyridine rings is 1. The van der Waals surface area contributed by atoms with Crippen LogP contribution < -0.4 is 0 Å². The zero-order valence-electron chi connectivity index (χ0n) is 16.7. The molecule has 0 aliphatic heterocycles. The normalized spacial score (nSPS) is 12.0. The summed E-state index contributed by atoms with van der Waals surface area (Å²) in [6.45, 7) is 16.3. The molecule has 0 fully saturated rings. The molecule has 0 amide bonds. The lowest BCUT2D eigenvalue weighted by atomic mass is 10.2. The van der Waals surface area contributed by atoms with Gasteiger partial charge in [0.15, 0.2) is 5.65 Å². The van der Waals surface area contributed by atoms with Crippen LogP contribution in [0.1, 0.15) is 34.6 Å². The lowest BCUT2D eigenvalue weighted by Gasteiger charge is -2.28. The molecule has 0 N–H and O–H groups in total. The van der Waals surface area contributed by atoms with Crippen molar-refractivity contribution in [3.63, 3.8) is 0 Å². The highest BCUT2D eigenvalue weighted by atomic mass is 127. The van der Waals surface area contributed by atoms with Gasteiger partial charge in [0.05, 0.1) is 10.5 Å². The lowest BCUT2D eigenvalue weighted by Crippen LogP contribution is -2.36. The molecule has 0 bridgehead atoms. The van der Waals surface area contributed by atoms with Gasteiger partial charge in [0.1, 0.15) is 3.70 Å². The Kier molecular flexibility index (Phi) is 9.17. The van der Waals surface area contributed by atoms with Crippen LogP contribution in [0.2, 0.25) is 5.02 Å². The summed E-state index contributed by atoms with van der Waals surface area (Å²) >= 11 is 7.97. The average Bonchev–Trinajstić information content (AvgIpc) is 2.87. The Bertz CT molecular complexity index is 886. The zero-order valence-corrected chi connectivity index (χ0v) is 20.4. The van der Waals surface area contributed by atoms with Gasteiger partial charge in [0, 0.05) is 24.9 Å². The molecule has 0 saturated heterocycles. The summed E-state index contributed by atoms with van der Waals surface area (Å²) in [7, 11) is -3.42. The Hall–Kier alpha value is -0.710. The van der Waals surface area contributed by atoms with E-state index in [1.165, 1.54) is 4.57 Å². The second-order valence-corrected chi connectivity index (χ2v) is 10.0. The number of imidazole rings is 1. The van der Waals surface area contributed by atoms with Crippen molar-refractivity contribution < 1.29 is 8.42 Å². The molecule has 0 spiro atoms. The van der Waals surface area contributed by atoms with Crippen LogP contribution in [-0.2, 0) is 16.4 Å². The minimum absolute atomic E-state index is 0.0250. The van der Waals surface area contributed by atoms with Crippen LogP contribution in [0.4, 0.5) is 0 Å². The monoisotopic (exact) mass is 526 g/mol. The zero-order chi connectivity index (χ0) is 20.9. The number of aromatic nitrogens is 3. The van der Waals surface area contributed by atoms with E-state index >= 15 is 0 Å². The molecule has 152 valence electrons. The van der Waals surface area contributed by atoms with Gasteiger partial charge in [-0.25, -0.2) is 13.4 Å². The third-order valence-electron chi connectivity index (χ3n) is 3.95. The van der Waals surface area contributed by atoms with E-state index in [9.17, 15) is 8.42 Å². The summed E-state index contributed by atoms with van der Waals surface area (Å²) in [5.41, 5.74) is 0.951. The van der Waals surface area contributed by atoms with Gasteiger partial charge in [-0.2, -0.15) is 4.98 Å². The summed E-state index contributed by atoms with van der Waals surface area (Å²) in [6.07, 6.45) is 2.71. The predicted molar refractivity (Wildman–Crippen MR) is 121 cm³/mol. The summed E-state index contributed by atoms with van der Waals surface area (Å²) in [4.78, 5) is 10.7. The van der Waals surface area contributed by atoms with Gasteiger partial charge in [-0.15, -0.1) is 6.58 Å². The molecular weight excluding hydrogens is 499 g/mol. The maximum atomic E-state index is 11.7. The van der Waals surface area contributed by atoms with Gasteiger partial charge in [-0.3, -0.25) is 4.90 Å². The molecule has 2 aromatic rings. The Morgan fingerprint density at radius 1 is 1.30 bits per heavy atom. The second kappa shape index (κ2) is 10.2. The Balaban J connectivity index is 0.000000345. The molecule has 2 aromatic heterocycles. The first-order chi connectivity index (χ1) is 12.4. The van der Waals surface area contributed by atoms with Crippen molar-refractivity contribution in [1.82, 2.24) is 19.4 Å². The average molecular weight is 527 g/mol. The standard InChI is InChI=1S/C10H9ClIN3O2S.C8H19N/c1-3-4-15-7-5-6(11)8(12)13-9(7)14-10(15)18(2,16)17;1-6-9(7(2)3)8(4)5/h3,5H,1,4H2,2H3;7-8H,6H2,1-5H3. The quantitative estimate of drug-likeness (QED) is 0.317. The van der Waals surface area contributed by atoms with E-state index in [1.54, 1.807) is 12.1 Å². The first-order valence-corrected chi connectivity index (χ1v) is 12.1. The van der Waals surface area contributed by atoms with Crippen molar-refractivity contribution in [2.24, 2.45) is 0 Å². The Labute approximate surface area is 181 Å². The number of hydrogen-bond donors (Lipinski definition) is 0. The second-order valence-electron chi connectivity index (χ2n) is 6.69. The fraction of sp³-hybridized carbons (Fsp3) is 0.556. The highest BCUT2D eigenvalue weighted by Gasteiger charge is 2.20. The highest BCUT2D eigenvalue weighted by molar-refractivity contribution is 14.1. The van der Waals surface area contributed by atoms with Crippen LogP contribution in [0, 0.1) is 3.70 Å². The van der Waals surface area contributed by atoms with E-state index in [0.29, 0.717) is 38.5 Å². The minimum Gasteiger partial charge on any atom is -0.310 e. The molecule has 0 unspecified atom stereocenters. The summed E-state index contributed by atoms with van der Waals surface area (Å²) in [5.74, 6) is 0. The van der Waals surface area contributed by atoms with Gasteiger partial charge in [-0.05, 0) is 62.9 Å². The molecule has 0 aliphatic carbocycles. The van der Waals surface area contributed by atoms with Crippen LogP contribution in [0.15, 0.2) is 23.9 Å². The fourth-order valence-electron chi connectivity index (χ4n) is 2.90. The maximum Gasteiger partial charge on any atom is 0.230 e. The number of sulfone groups is 1. The van der Waals surface area contributed by atoms with Crippen LogP contribution in [0.25, 0.3) is 11.2 Å². The minimum atomic E-state index is -3.42. The molecule has 0 saturated carbocycles. The maximum absolute atomic E-state index is 11.7. The Morgan fingerprint density at radius 3 is 2.22 bits per heavy atom. The van der Waals surface area contributed by atoms with Crippen molar-refractivity contribution in [1.29, 1.82) is 0 Å². The topological polar surface area (TPSA) is 68.1 Å². The molecule has 0 radical (unpaired) electrons. The summed E-state index contributed by atoms with van der Waals surface area (Å²) in [5, 5.41) is 0.441. The third kappa shape index (κ3) is 6.40. The van der Waals surface area contributed by atoms with Crippen molar-refractivity contribution >= 4 is 55.2 Å². The molecule has 0 atom stereocenters. The summed E-state index contributed by atoms with van der Waals surface area (Å²) in [6, 6.07) is 3.04. The smallest absolute Gasteiger partial charge is 0.230 e. The molecule has 27 heavy (non-hydrogen) atoms. The van der Waals surface area contributed by atoms with E-state index < -0.39 is 9.84 Å². The van der Waals surface area contributed by atoms with E-state index in [0.717, 1.165) is 12.8 Å². The van der Waals surface area contributed by atoms with Crippen molar-refractivity contribution in [3.8, 4) is 0 Å². The SMILES string of the molecule is C=CCn1c(S(C)(=O)=O)nc2nc(I)c(Cl)cc21.CCN(C(C)C)C(C)C. The number of fused-ring (bicyclic) bond motifs is 1. The number of halogens is 2. The molecule has 0 aromatic carbocycles. The van der Waals surface area contributed by atoms with Crippen LogP contribution in [0.5, 0.6) is 0 Å². The van der Waals surface area contributed by atoms with Crippen LogP contribution in [0.3, 0.4) is 0 Å². The number of nitrogens with zero attached hydrogens (tertiary/aromatic N) is 4. The van der Waals surface area contributed by atoms with Crippen LogP contribution in [-0.4, -0.2) is 52.7 Å². The van der Waals surface area contributed by atoms with Gasteiger partial charge in [0.25, 0.3) is 0 Å². The number of allylic oxidation sites excluding steroid dienone is 1. The first kappa shape index (κ1) is 24.3. The van der Waals surface area contributed by atoms with E-state index in [4.69, 9.17) is 11.6 Å².